The molecule has 28 heavy (non-hydrogen) atoms. The summed E-state index contributed by atoms with van der Waals surface area (Å²) in [5.41, 5.74) is 2.28. The number of aryl methyl sites for hydroxylation is 1. The van der Waals surface area contributed by atoms with Crippen LogP contribution in [0, 0.1) is 0 Å². The van der Waals surface area contributed by atoms with Crippen molar-refractivity contribution >= 4 is 63.5 Å². The number of hydrogen-bond acceptors (Lipinski definition) is 5. The van der Waals surface area contributed by atoms with Gasteiger partial charge in [0.2, 0.25) is 5.91 Å². The summed E-state index contributed by atoms with van der Waals surface area (Å²) in [6.07, 6.45) is 2.71. The Morgan fingerprint density at radius 2 is 2.00 bits per heavy atom. The largest absolute Gasteiger partial charge is 0.506 e. The number of nitrogens with zero attached hydrogens (tertiary/aromatic N) is 1. The number of nitrogens with one attached hydrogen (secondary N) is 1. The molecule has 8 heteroatoms. The first kappa shape index (κ1) is 20.4. The Hall–Kier alpha value is -2.35. The number of rotatable bonds is 5. The number of thiocarbonyl (C=S) groups is 1. The maximum Gasteiger partial charge on any atom is 0.266 e. The molecule has 1 saturated heterocycles. The number of aromatic hydroxyl groups is 1. The minimum Gasteiger partial charge on any atom is -0.506 e. The van der Waals surface area contributed by atoms with Crippen LogP contribution < -0.4 is 5.32 Å². The minimum absolute atomic E-state index is 0.112. The highest BCUT2D eigenvalue weighted by Gasteiger charge is 2.33. The number of thioether (sulfide) groups is 1. The predicted molar refractivity (Wildman–Crippen MR) is 117 cm³/mol. The molecule has 1 heterocycles. The lowest BCUT2D eigenvalue weighted by atomic mass is 10.1. The topological polar surface area (TPSA) is 69.6 Å². The molecule has 0 radical (unpaired) electrons. The quantitative estimate of drug-likeness (QED) is 0.415. The fourth-order valence-electron chi connectivity index (χ4n) is 2.58. The number of amides is 2. The Morgan fingerprint density at radius 3 is 2.68 bits per heavy atom. The number of carbonyl (C=O) groups excluding carboxylic acids is 2. The fourth-order valence-corrected chi connectivity index (χ4v) is 4.01. The van der Waals surface area contributed by atoms with Gasteiger partial charge in [-0.15, -0.1) is 0 Å². The van der Waals surface area contributed by atoms with E-state index < -0.39 is 5.91 Å². The van der Waals surface area contributed by atoms with Gasteiger partial charge in [-0.2, -0.15) is 0 Å². The van der Waals surface area contributed by atoms with Crippen LogP contribution in [0.25, 0.3) is 6.08 Å². The molecule has 0 aromatic heterocycles. The minimum atomic E-state index is -0.484. The third-order valence-electron chi connectivity index (χ3n) is 4.09. The van der Waals surface area contributed by atoms with E-state index in [0.29, 0.717) is 14.2 Å². The van der Waals surface area contributed by atoms with Crippen molar-refractivity contribution in [1.82, 2.24) is 4.90 Å². The van der Waals surface area contributed by atoms with Gasteiger partial charge in [0.25, 0.3) is 5.91 Å². The van der Waals surface area contributed by atoms with Crippen molar-refractivity contribution in [2.45, 2.75) is 13.3 Å². The highest BCUT2D eigenvalue weighted by Crippen LogP contribution is 2.33. The van der Waals surface area contributed by atoms with Gasteiger partial charge >= 0.3 is 0 Å². The molecule has 3 rings (SSSR count). The van der Waals surface area contributed by atoms with Gasteiger partial charge in [0.1, 0.15) is 16.6 Å². The van der Waals surface area contributed by atoms with Crippen LogP contribution >= 0.6 is 35.6 Å². The molecule has 1 fully saturated rings. The van der Waals surface area contributed by atoms with E-state index in [9.17, 15) is 14.7 Å². The standard InChI is InChI=1S/C20H17ClN2O3S2/c1-2-12-3-5-13(6-4-12)9-17-19(26)23(20(27)28-17)11-18(25)22-15-10-14(21)7-8-16(15)24/h3-10,24H,2,11H2,1H3,(H,22,25). The van der Waals surface area contributed by atoms with Gasteiger partial charge in [0.05, 0.1) is 10.6 Å². The molecule has 2 aromatic carbocycles. The van der Waals surface area contributed by atoms with E-state index in [4.69, 9.17) is 23.8 Å². The summed E-state index contributed by atoms with van der Waals surface area (Å²) >= 11 is 12.3. The fraction of sp³-hybridized carbons (Fsp3) is 0.150. The molecular formula is C20H17ClN2O3S2. The van der Waals surface area contributed by atoms with Crippen molar-refractivity contribution in [3.63, 3.8) is 0 Å². The lowest BCUT2D eigenvalue weighted by Gasteiger charge is -2.14. The molecule has 0 unspecified atom stereocenters. The Morgan fingerprint density at radius 1 is 1.29 bits per heavy atom. The molecule has 5 nitrogen and oxygen atoms in total. The number of anilines is 1. The third-order valence-corrected chi connectivity index (χ3v) is 5.71. The summed E-state index contributed by atoms with van der Waals surface area (Å²) in [6.45, 7) is 1.83. The number of carbonyl (C=O) groups is 2. The normalized spacial score (nSPS) is 15.4. The molecule has 2 N–H and O–H groups in total. The van der Waals surface area contributed by atoms with Crippen molar-refractivity contribution < 1.29 is 14.7 Å². The van der Waals surface area contributed by atoms with Crippen LogP contribution in [0.5, 0.6) is 5.75 Å². The van der Waals surface area contributed by atoms with Gasteiger partial charge in [-0.1, -0.05) is 66.8 Å². The molecule has 2 amide bonds. The van der Waals surface area contributed by atoms with Crippen molar-refractivity contribution in [2.24, 2.45) is 0 Å². The maximum absolute atomic E-state index is 12.7. The SMILES string of the molecule is CCc1ccc(C=C2SC(=S)N(CC(=O)Nc3cc(Cl)ccc3O)C2=O)cc1. The number of halogens is 1. The van der Waals surface area contributed by atoms with E-state index >= 15 is 0 Å². The van der Waals surface area contributed by atoms with Gasteiger partial charge in [-0.3, -0.25) is 14.5 Å². The van der Waals surface area contributed by atoms with Gasteiger partial charge in [0, 0.05) is 5.02 Å². The summed E-state index contributed by atoms with van der Waals surface area (Å²) in [6, 6.07) is 12.2. The monoisotopic (exact) mass is 432 g/mol. The first-order valence-corrected chi connectivity index (χ1v) is 10.1. The second-order valence-electron chi connectivity index (χ2n) is 6.07. The van der Waals surface area contributed by atoms with Crippen LogP contribution in [0.2, 0.25) is 5.02 Å². The summed E-state index contributed by atoms with van der Waals surface area (Å²) in [5.74, 6) is -0.916. The molecule has 1 aliphatic rings. The smallest absolute Gasteiger partial charge is 0.266 e. The van der Waals surface area contributed by atoms with Gasteiger partial charge in [-0.25, -0.2) is 0 Å². The molecule has 0 atom stereocenters. The first-order chi connectivity index (χ1) is 13.4. The van der Waals surface area contributed by atoms with Gasteiger partial charge < -0.3 is 10.4 Å². The van der Waals surface area contributed by atoms with Crippen LogP contribution in [0.15, 0.2) is 47.4 Å². The second kappa shape index (κ2) is 8.77. The number of phenolic OH excluding ortho intramolecular Hbond substituents is 1. The summed E-state index contributed by atoms with van der Waals surface area (Å²) < 4.78 is 0.312. The zero-order valence-electron chi connectivity index (χ0n) is 14.9. The number of hydrogen-bond donors (Lipinski definition) is 2. The second-order valence-corrected chi connectivity index (χ2v) is 8.18. The summed E-state index contributed by atoms with van der Waals surface area (Å²) in [5, 5.41) is 12.7. The van der Waals surface area contributed by atoms with E-state index in [-0.39, 0.29) is 23.9 Å². The average molecular weight is 433 g/mol. The van der Waals surface area contributed by atoms with Gasteiger partial charge in [0.15, 0.2) is 0 Å². The zero-order valence-corrected chi connectivity index (χ0v) is 17.3. The molecule has 0 aliphatic carbocycles. The van der Waals surface area contributed by atoms with Crippen LogP contribution in [0.4, 0.5) is 5.69 Å². The molecular weight excluding hydrogens is 416 g/mol. The number of benzene rings is 2. The summed E-state index contributed by atoms with van der Waals surface area (Å²) in [4.78, 5) is 26.7. The molecule has 144 valence electrons. The molecule has 0 bridgehead atoms. The lowest BCUT2D eigenvalue weighted by Crippen LogP contribution is -2.36. The predicted octanol–water partition coefficient (Wildman–Crippen LogP) is 4.45. The van der Waals surface area contributed by atoms with Crippen LogP contribution in [0.3, 0.4) is 0 Å². The first-order valence-electron chi connectivity index (χ1n) is 8.50. The number of phenols is 1. The molecule has 0 saturated carbocycles. The Labute approximate surface area is 177 Å². The zero-order chi connectivity index (χ0) is 20.3. The highest BCUT2D eigenvalue weighted by molar-refractivity contribution is 8.26. The van der Waals surface area contributed by atoms with E-state index in [1.54, 1.807) is 6.08 Å². The van der Waals surface area contributed by atoms with Crippen LogP contribution in [-0.2, 0) is 16.0 Å². The third kappa shape index (κ3) is 4.73. The van der Waals surface area contributed by atoms with Crippen LogP contribution in [0.1, 0.15) is 18.1 Å². The van der Waals surface area contributed by atoms with E-state index in [2.05, 4.69) is 12.2 Å². The maximum atomic E-state index is 12.7. The molecule has 0 spiro atoms. The van der Waals surface area contributed by atoms with Gasteiger partial charge in [-0.05, 0) is 41.8 Å². The Kier molecular flexibility index (Phi) is 6.39. The van der Waals surface area contributed by atoms with Crippen molar-refractivity contribution in [1.29, 1.82) is 0 Å². The summed E-state index contributed by atoms with van der Waals surface area (Å²) in [7, 11) is 0. The molecule has 2 aromatic rings. The van der Waals surface area contributed by atoms with Crippen molar-refractivity contribution in [2.75, 3.05) is 11.9 Å². The van der Waals surface area contributed by atoms with Crippen LogP contribution in [-0.4, -0.2) is 32.7 Å². The van der Waals surface area contributed by atoms with Crippen molar-refractivity contribution in [3.05, 3.63) is 63.5 Å². The van der Waals surface area contributed by atoms with Crippen molar-refractivity contribution in [3.8, 4) is 5.75 Å². The van der Waals surface area contributed by atoms with E-state index in [1.165, 1.54) is 28.7 Å². The lowest BCUT2D eigenvalue weighted by molar-refractivity contribution is -0.126. The Balaban J connectivity index is 1.70. The highest BCUT2D eigenvalue weighted by atomic mass is 35.5. The molecule has 1 aliphatic heterocycles. The van der Waals surface area contributed by atoms with E-state index in [1.807, 2.05) is 24.3 Å². The van der Waals surface area contributed by atoms with E-state index in [0.717, 1.165) is 23.7 Å². The average Bonchev–Trinajstić information content (AvgIpc) is 2.92. The Bertz CT molecular complexity index is 974.